The maximum atomic E-state index is 13.8. The molecule has 0 bridgehead atoms. The number of fused-ring (bicyclic) bond motifs is 2. The average molecular weight is 518 g/mol. The average Bonchev–Trinajstić information content (AvgIpc) is 3.62. The number of ketones is 1. The molecule has 1 aliphatic heterocycles. The number of ether oxygens (including phenoxy) is 2. The topological polar surface area (TPSA) is 90.0 Å². The molecule has 0 N–H and O–H groups in total. The number of benzene rings is 2. The van der Waals surface area contributed by atoms with Crippen molar-refractivity contribution < 1.29 is 28.7 Å². The summed E-state index contributed by atoms with van der Waals surface area (Å²) in [6.45, 7) is 2.14. The van der Waals surface area contributed by atoms with Crippen LogP contribution in [0, 0.1) is 5.41 Å². The zero-order chi connectivity index (χ0) is 26.4. The van der Waals surface area contributed by atoms with Crippen molar-refractivity contribution in [2.24, 2.45) is 5.41 Å². The largest absolute Gasteiger partial charge is 0.468 e. The highest BCUT2D eigenvalue weighted by atomic mass is 32.1. The number of esters is 2. The number of methoxy groups -OCH3 is 2. The number of anilines is 1. The van der Waals surface area contributed by atoms with Crippen molar-refractivity contribution >= 4 is 40.7 Å². The van der Waals surface area contributed by atoms with Gasteiger partial charge in [0.2, 0.25) is 5.91 Å². The number of carbonyl (C=O) groups excluding carboxylic acids is 4. The van der Waals surface area contributed by atoms with E-state index in [9.17, 15) is 19.2 Å². The van der Waals surface area contributed by atoms with Crippen LogP contribution < -0.4 is 4.90 Å². The Balaban J connectivity index is 1.44. The molecule has 190 valence electrons. The highest BCUT2D eigenvalue weighted by molar-refractivity contribution is 7.12. The van der Waals surface area contributed by atoms with Crippen molar-refractivity contribution in [3.8, 4) is 0 Å². The SMILES string of the molecule is COC(=O)C1(C(=O)OC)Cc2ccc(CN3C(=O)C(C)(CC(=O)c4cccs4)c4ccccc43)cc2C1. The first-order valence-corrected chi connectivity index (χ1v) is 12.9. The summed E-state index contributed by atoms with van der Waals surface area (Å²) in [7, 11) is 2.52. The lowest BCUT2D eigenvalue weighted by molar-refractivity contribution is -0.168. The van der Waals surface area contributed by atoms with Gasteiger partial charge in [-0.3, -0.25) is 19.2 Å². The second-order valence-electron chi connectivity index (χ2n) is 9.84. The van der Waals surface area contributed by atoms with Crippen LogP contribution in [-0.4, -0.2) is 37.8 Å². The van der Waals surface area contributed by atoms with Crippen molar-refractivity contribution in [2.75, 3.05) is 19.1 Å². The molecule has 37 heavy (non-hydrogen) atoms. The van der Waals surface area contributed by atoms with E-state index in [1.807, 2.05) is 60.8 Å². The van der Waals surface area contributed by atoms with E-state index in [0.29, 0.717) is 11.4 Å². The predicted octanol–water partition coefficient (Wildman–Crippen LogP) is 4.26. The standard InChI is InChI=1S/C29H27NO6S/c1-28(16-23(31)24-9-6-12-37-24)21-7-4-5-8-22(21)30(25(28)32)17-18-10-11-19-14-29(26(33)35-2,27(34)36-3)15-20(19)13-18/h4-13H,14-17H2,1-3H3. The lowest BCUT2D eigenvalue weighted by atomic mass is 9.79. The number of para-hydroxylation sites is 1. The highest BCUT2D eigenvalue weighted by Gasteiger charge is 2.53. The lowest BCUT2D eigenvalue weighted by Crippen LogP contribution is -2.42. The summed E-state index contributed by atoms with van der Waals surface area (Å²) in [5.41, 5.74) is 1.83. The minimum Gasteiger partial charge on any atom is -0.468 e. The first-order chi connectivity index (χ1) is 17.7. The van der Waals surface area contributed by atoms with Gasteiger partial charge in [0.25, 0.3) is 0 Å². The number of nitrogens with zero attached hydrogens (tertiary/aromatic N) is 1. The normalized spacial score (nSPS) is 19.3. The van der Waals surface area contributed by atoms with Crippen molar-refractivity contribution in [3.05, 3.63) is 87.1 Å². The van der Waals surface area contributed by atoms with Crippen molar-refractivity contribution in [3.63, 3.8) is 0 Å². The van der Waals surface area contributed by atoms with Crippen molar-refractivity contribution in [1.29, 1.82) is 0 Å². The number of thiophene rings is 1. The van der Waals surface area contributed by atoms with Crippen LogP contribution in [0.25, 0.3) is 0 Å². The zero-order valence-corrected chi connectivity index (χ0v) is 21.7. The molecule has 2 heterocycles. The Morgan fingerprint density at radius 1 is 0.946 bits per heavy atom. The molecule has 2 aromatic carbocycles. The summed E-state index contributed by atoms with van der Waals surface area (Å²) in [4.78, 5) is 54.4. The van der Waals surface area contributed by atoms with Gasteiger partial charge in [-0.1, -0.05) is 42.5 Å². The first kappa shape index (κ1) is 24.9. The van der Waals surface area contributed by atoms with Crippen molar-refractivity contribution in [1.82, 2.24) is 0 Å². The molecule has 0 fully saturated rings. The van der Waals surface area contributed by atoms with Gasteiger partial charge in [-0.25, -0.2) is 0 Å². The third-order valence-electron chi connectivity index (χ3n) is 7.56. The monoisotopic (exact) mass is 517 g/mol. The highest BCUT2D eigenvalue weighted by Crippen LogP contribution is 2.46. The Bertz CT molecular complexity index is 1400. The van der Waals surface area contributed by atoms with E-state index in [1.165, 1.54) is 25.6 Å². The second kappa shape index (κ2) is 9.27. The maximum Gasteiger partial charge on any atom is 0.323 e. The van der Waals surface area contributed by atoms with Crippen LogP contribution in [0.15, 0.2) is 60.0 Å². The van der Waals surface area contributed by atoms with E-state index >= 15 is 0 Å². The number of carbonyl (C=O) groups is 4. The predicted molar refractivity (Wildman–Crippen MR) is 139 cm³/mol. The number of hydrogen-bond donors (Lipinski definition) is 0. The molecule has 3 aromatic rings. The van der Waals surface area contributed by atoms with Crippen LogP contribution in [0.2, 0.25) is 0 Å². The Morgan fingerprint density at radius 3 is 2.32 bits per heavy atom. The fraction of sp³-hybridized carbons (Fsp3) is 0.310. The number of hydrogen-bond acceptors (Lipinski definition) is 7. The molecule has 0 saturated heterocycles. The van der Waals surface area contributed by atoms with E-state index in [-0.39, 0.29) is 31.0 Å². The number of rotatable bonds is 7. The second-order valence-corrected chi connectivity index (χ2v) is 10.8. The maximum absolute atomic E-state index is 13.8. The van der Waals surface area contributed by atoms with E-state index in [2.05, 4.69) is 0 Å². The minimum atomic E-state index is -1.40. The van der Waals surface area contributed by atoms with Gasteiger partial charge in [0, 0.05) is 12.1 Å². The molecule has 7 nitrogen and oxygen atoms in total. The number of amides is 1. The Kier molecular flexibility index (Phi) is 6.23. The summed E-state index contributed by atoms with van der Waals surface area (Å²) in [5.74, 6) is -1.42. The summed E-state index contributed by atoms with van der Waals surface area (Å²) < 4.78 is 9.89. The summed E-state index contributed by atoms with van der Waals surface area (Å²) >= 11 is 1.38. The van der Waals surface area contributed by atoms with Gasteiger partial charge in [-0.15, -0.1) is 11.3 Å². The van der Waals surface area contributed by atoms with Gasteiger partial charge in [0.1, 0.15) is 0 Å². The molecular formula is C29H27NO6S. The Labute approximate surface area is 219 Å². The zero-order valence-electron chi connectivity index (χ0n) is 20.9. The molecular weight excluding hydrogens is 490 g/mol. The van der Waals surface area contributed by atoms with Crippen LogP contribution >= 0.6 is 11.3 Å². The minimum absolute atomic E-state index is 0.0537. The van der Waals surface area contributed by atoms with Gasteiger partial charge in [-0.05, 0) is 59.5 Å². The van der Waals surface area contributed by atoms with E-state index in [4.69, 9.17) is 9.47 Å². The molecule has 1 unspecified atom stereocenters. The molecule has 5 rings (SSSR count). The molecule has 8 heteroatoms. The summed E-state index contributed by atoms with van der Waals surface area (Å²) in [6.07, 6.45) is 0.467. The molecule has 0 saturated carbocycles. The molecule has 1 atom stereocenters. The van der Waals surface area contributed by atoms with Gasteiger partial charge < -0.3 is 14.4 Å². The van der Waals surface area contributed by atoms with Crippen LogP contribution in [0.3, 0.4) is 0 Å². The quantitative estimate of drug-likeness (QED) is 0.264. The molecule has 0 radical (unpaired) electrons. The van der Waals surface area contributed by atoms with Crippen LogP contribution in [-0.2, 0) is 48.7 Å². The molecule has 1 aliphatic carbocycles. The first-order valence-electron chi connectivity index (χ1n) is 12.0. The van der Waals surface area contributed by atoms with Gasteiger partial charge in [0.15, 0.2) is 11.2 Å². The van der Waals surface area contributed by atoms with Gasteiger partial charge in [0.05, 0.1) is 31.1 Å². The fourth-order valence-corrected chi connectivity index (χ4v) is 6.31. The smallest absolute Gasteiger partial charge is 0.323 e. The van der Waals surface area contributed by atoms with Gasteiger partial charge in [-0.2, -0.15) is 0 Å². The Hall–Kier alpha value is -3.78. The van der Waals surface area contributed by atoms with E-state index in [1.54, 1.807) is 11.0 Å². The Morgan fingerprint density at radius 2 is 1.65 bits per heavy atom. The molecule has 1 amide bonds. The van der Waals surface area contributed by atoms with E-state index in [0.717, 1.165) is 27.9 Å². The summed E-state index contributed by atoms with van der Waals surface area (Å²) in [6, 6.07) is 16.9. The molecule has 2 aliphatic rings. The lowest BCUT2D eigenvalue weighted by Gasteiger charge is -2.24. The van der Waals surface area contributed by atoms with Crippen molar-refractivity contribution in [2.45, 2.75) is 38.1 Å². The third-order valence-corrected chi connectivity index (χ3v) is 8.48. The fourth-order valence-electron chi connectivity index (χ4n) is 5.64. The van der Waals surface area contributed by atoms with Crippen LogP contribution in [0.1, 0.15) is 45.3 Å². The molecule has 0 spiro atoms. The molecule has 1 aromatic heterocycles. The number of Topliss-reactive ketones (excluding diaryl/α,β-unsaturated/α-hetero) is 1. The summed E-state index contributed by atoms with van der Waals surface area (Å²) in [5, 5.41) is 1.86. The van der Waals surface area contributed by atoms with Crippen LogP contribution in [0.5, 0.6) is 0 Å². The van der Waals surface area contributed by atoms with E-state index < -0.39 is 22.8 Å². The van der Waals surface area contributed by atoms with Crippen LogP contribution in [0.4, 0.5) is 5.69 Å². The van der Waals surface area contributed by atoms with Gasteiger partial charge >= 0.3 is 11.9 Å². The third kappa shape index (κ3) is 3.96.